The highest BCUT2D eigenvalue weighted by molar-refractivity contribution is 9.11. The molecule has 44 valence electrons. The first kappa shape index (κ1) is 6.44. The van der Waals surface area contributed by atoms with Crippen LogP contribution in [0, 0.1) is 0 Å². The summed E-state index contributed by atoms with van der Waals surface area (Å²) < 4.78 is 1.21. The quantitative estimate of drug-likeness (QED) is 0.565. The lowest BCUT2D eigenvalue weighted by molar-refractivity contribution is 1.56. The Kier molecular flexibility index (Phi) is 2.21. The van der Waals surface area contributed by atoms with Gasteiger partial charge in [0.25, 0.3) is 0 Å². The van der Waals surface area contributed by atoms with Gasteiger partial charge < -0.3 is 0 Å². The summed E-state index contributed by atoms with van der Waals surface area (Å²) in [4.78, 5) is 4.16. The van der Waals surface area contributed by atoms with Crippen molar-refractivity contribution >= 4 is 30.0 Å². The fourth-order valence-corrected chi connectivity index (χ4v) is 1.74. The largest absolute Gasteiger partial charge is 0.260 e. The van der Waals surface area contributed by atoms with Crippen LogP contribution in [0.15, 0.2) is 15.7 Å². The SMILES string of the molecule is CPC1=NC=C(Br)C1. The summed E-state index contributed by atoms with van der Waals surface area (Å²) in [7, 11) is 0.865. The Morgan fingerprint density at radius 3 is 2.88 bits per heavy atom. The molecule has 1 unspecified atom stereocenters. The van der Waals surface area contributed by atoms with Gasteiger partial charge in [-0.1, -0.05) is 24.5 Å². The van der Waals surface area contributed by atoms with Crippen LogP contribution in [-0.4, -0.2) is 12.1 Å². The zero-order valence-electron chi connectivity index (χ0n) is 4.61. The molecular formula is C5H7BrNP. The molecule has 3 heteroatoms. The van der Waals surface area contributed by atoms with Gasteiger partial charge >= 0.3 is 0 Å². The number of nitrogens with zero attached hydrogens (tertiary/aromatic N) is 1. The minimum Gasteiger partial charge on any atom is -0.260 e. The van der Waals surface area contributed by atoms with E-state index < -0.39 is 0 Å². The van der Waals surface area contributed by atoms with Crippen LogP contribution in [0.25, 0.3) is 0 Å². The lowest BCUT2D eigenvalue weighted by Gasteiger charge is -1.89. The van der Waals surface area contributed by atoms with Gasteiger partial charge in [0, 0.05) is 22.6 Å². The van der Waals surface area contributed by atoms with Crippen molar-refractivity contribution in [1.82, 2.24) is 0 Å². The summed E-state index contributed by atoms with van der Waals surface area (Å²) in [5, 5.41) is 0. The molecule has 0 fully saturated rings. The van der Waals surface area contributed by atoms with E-state index in [0.717, 1.165) is 15.0 Å². The fourth-order valence-electron chi connectivity index (χ4n) is 0.552. The van der Waals surface area contributed by atoms with E-state index in [1.54, 1.807) is 0 Å². The molecule has 1 atom stereocenters. The summed E-state index contributed by atoms with van der Waals surface area (Å²) in [6, 6.07) is 0. The second kappa shape index (κ2) is 2.75. The van der Waals surface area contributed by atoms with E-state index in [-0.39, 0.29) is 0 Å². The molecule has 0 N–H and O–H groups in total. The second-order valence-corrected chi connectivity index (χ2v) is 3.67. The molecule has 1 aliphatic heterocycles. The first-order valence-electron chi connectivity index (χ1n) is 2.42. The summed E-state index contributed by atoms with van der Waals surface area (Å²) in [5.74, 6) is 0. The maximum Gasteiger partial charge on any atom is 0.0424 e. The lowest BCUT2D eigenvalue weighted by Crippen LogP contribution is -1.79. The molecule has 0 spiro atoms. The average Bonchev–Trinajstić information content (AvgIpc) is 2.14. The predicted molar refractivity (Wildman–Crippen MR) is 43.3 cm³/mol. The van der Waals surface area contributed by atoms with Gasteiger partial charge in [0.15, 0.2) is 0 Å². The predicted octanol–water partition coefficient (Wildman–Crippen LogP) is 2.33. The van der Waals surface area contributed by atoms with E-state index in [2.05, 4.69) is 27.6 Å². The Morgan fingerprint density at radius 1 is 1.88 bits per heavy atom. The van der Waals surface area contributed by atoms with Crippen LogP contribution in [0.1, 0.15) is 6.42 Å². The highest BCUT2D eigenvalue weighted by Gasteiger charge is 2.03. The van der Waals surface area contributed by atoms with Gasteiger partial charge in [0.1, 0.15) is 0 Å². The van der Waals surface area contributed by atoms with E-state index in [1.807, 2.05) is 6.20 Å². The van der Waals surface area contributed by atoms with E-state index in [4.69, 9.17) is 0 Å². The zero-order chi connectivity index (χ0) is 5.98. The summed E-state index contributed by atoms with van der Waals surface area (Å²) in [6.45, 7) is 2.15. The van der Waals surface area contributed by atoms with E-state index >= 15 is 0 Å². The molecule has 1 heterocycles. The van der Waals surface area contributed by atoms with Crippen molar-refractivity contribution in [2.24, 2.45) is 4.99 Å². The Morgan fingerprint density at radius 2 is 2.62 bits per heavy atom. The average molecular weight is 192 g/mol. The van der Waals surface area contributed by atoms with E-state index in [9.17, 15) is 0 Å². The normalized spacial score (nSPS) is 19.8. The van der Waals surface area contributed by atoms with Crippen LogP contribution in [0.4, 0.5) is 0 Å². The Labute approximate surface area is 59.2 Å². The van der Waals surface area contributed by atoms with Crippen LogP contribution in [-0.2, 0) is 0 Å². The van der Waals surface area contributed by atoms with E-state index in [1.165, 1.54) is 9.94 Å². The number of hydrogen-bond donors (Lipinski definition) is 0. The van der Waals surface area contributed by atoms with Crippen molar-refractivity contribution in [2.75, 3.05) is 6.66 Å². The molecule has 8 heavy (non-hydrogen) atoms. The van der Waals surface area contributed by atoms with Gasteiger partial charge in [-0.15, -0.1) is 0 Å². The number of aliphatic imine (C=N–C) groups is 1. The second-order valence-electron chi connectivity index (χ2n) is 1.58. The Balaban J connectivity index is 2.49. The molecule has 1 nitrogen and oxygen atoms in total. The number of allylic oxidation sites excluding steroid dienone is 1. The van der Waals surface area contributed by atoms with E-state index in [0.29, 0.717) is 0 Å². The first-order valence-corrected chi connectivity index (χ1v) is 4.71. The molecule has 1 rings (SSSR count). The molecule has 0 saturated heterocycles. The van der Waals surface area contributed by atoms with Gasteiger partial charge in [0.2, 0.25) is 0 Å². The smallest absolute Gasteiger partial charge is 0.0424 e. The molecule has 0 radical (unpaired) electrons. The third kappa shape index (κ3) is 1.40. The molecule has 0 amide bonds. The van der Waals surface area contributed by atoms with Crippen molar-refractivity contribution in [3.8, 4) is 0 Å². The third-order valence-electron chi connectivity index (χ3n) is 0.985. The molecular weight excluding hydrogens is 185 g/mol. The van der Waals surface area contributed by atoms with Crippen LogP contribution < -0.4 is 0 Å². The Hall–Kier alpha value is 0.320. The molecule has 0 aromatic rings. The molecule has 1 aliphatic rings. The number of halogens is 1. The lowest BCUT2D eigenvalue weighted by atomic mass is 10.5. The van der Waals surface area contributed by atoms with Crippen molar-refractivity contribution in [3.05, 3.63) is 10.7 Å². The topological polar surface area (TPSA) is 12.4 Å². The van der Waals surface area contributed by atoms with Gasteiger partial charge in [-0.05, 0) is 6.66 Å². The monoisotopic (exact) mass is 191 g/mol. The molecule has 0 saturated carbocycles. The third-order valence-corrected chi connectivity index (χ3v) is 2.35. The van der Waals surface area contributed by atoms with Crippen LogP contribution in [0.3, 0.4) is 0 Å². The van der Waals surface area contributed by atoms with Gasteiger partial charge in [-0.25, -0.2) is 0 Å². The minimum atomic E-state index is 0.865. The minimum absolute atomic E-state index is 0.865. The van der Waals surface area contributed by atoms with Gasteiger partial charge in [-0.2, -0.15) is 0 Å². The van der Waals surface area contributed by atoms with Crippen molar-refractivity contribution in [2.45, 2.75) is 6.42 Å². The van der Waals surface area contributed by atoms with Crippen molar-refractivity contribution in [3.63, 3.8) is 0 Å². The highest BCUT2D eigenvalue weighted by Crippen LogP contribution is 2.24. The summed E-state index contributed by atoms with van der Waals surface area (Å²) in [6.07, 6.45) is 2.92. The van der Waals surface area contributed by atoms with Crippen LogP contribution in [0.2, 0.25) is 0 Å². The summed E-state index contributed by atoms with van der Waals surface area (Å²) in [5.41, 5.74) is 1.30. The van der Waals surface area contributed by atoms with Crippen LogP contribution >= 0.6 is 24.5 Å². The van der Waals surface area contributed by atoms with Crippen LogP contribution in [0.5, 0.6) is 0 Å². The maximum atomic E-state index is 4.16. The van der Waals surface area contributed by atoms with Crippen molar-refractivity contribution in [1.29, 1.82) is 0 Å². The van der Waals surface area contributed by atoms with Crippen molar-refractivity contribution < 1.29 is 0 Å². The number of rotatable bonds is 1. The highest BCUT2D eigenvalue weighted by atomic mass is 79.9. The standard InChI is InChI=1S/C5H7BrNP/c1-8-5-2-4(6)3-7-5/h3,8H,2H2,1H3. The fraction of sp³-hybridized carbons (Fsp3) is 0.400. The maximum absolute atomic E-state index is 4.16. The molecule has 0 aliphatic carbocycles. The zero-order valence-corrected chi connectivity index (χ0v) is 7.20. The van der Waals surface area contributed by atoms with Gasteiger partial charge in [-0.3, -0.25) is 4.99 Å². The first-order chi connectivity index (χ1) is 3.83. The molecule has 0 aromatic carbocycles. The molecule has 0 aromatic heterocycles. The number of hydrogen-bond acceptors (Lipinski definition) is 1. The summed E-state index contributed by atoms with van der Waals surface area (Å²) >= 11 is 3.37. The molecule has 0 bridgehead atoms. The Bertz CT molecular complexity index is 151. The van der Waals surface area contributed by atoms with Gasteiger partial charge in [0.05, 0.1) is 0 Å².